The van der Waals surface area contributed by atoms with Gasteiger partial charge in [-0.15, -0.1) is 0 Å². The number of hydrogen-bond donors (Lipinski definition) is 0. The molecule has 272 valence electrons. The fraction of sp³-hybridized carbons (Fsp3) is 0.269. The number of benzene rings is 6. The van der Waals surface area contributed by atoms with Crippen LogP contribution in [0.15, 0.2) is 132 Å². The number of aryl methyl sites for hydroxylation is 2. The summed E-state index contributed by atoms with van der Waals surface area (Å²) in [4.78, 5) is 4.96. The topological polar surface area (TPSA) is 6.48 Å². The fourth-order valence-corrected chi connectivity index (χ4v) is 8.64. The third-order valence-corrected chi connectivity index (χ3v) is 11.8. The molecule has 6 aromatic carbocycles. The summed E-state index contributed by atoms with van der Waals surface area (Å²) in [5.41, 5.74) is 18.0. The number of fused-ring (bicyclic) bond motifs is 1. The number of anilines is 6. The second kappa shape index (κ2) is 15.9. The number of allylic oxidation sites excluding steroid dienone is 2. The van der Waals surface area contributed by atoms with Crippen LogP contribution in [0, 0.1) is 27.7 Å². The average molecular weight is 707 g/mol. The van der Waals surface area contributed by atoms with Gasteiger partial charge in [-0.05, 0) is 150 Å². The first-order valence-electron chi connectivity index (χ1n) is 20.3. The van der Waals surface area contributed by atoms with Gasteiger partial charge in [-0.1, -0.05) is 120 Å². The Hall–Kier alpha value is -5.34. The third-order valence-electron chi connectivity index (χ3n) is 11.8. The minimum absolute atomic E-state index is 1.16. The van der Waals surface area contributed by atoms with Crippen molar-refractivity contribution in [3.05, 3.63) is 166 Å². The summed E-state index contributed by atoms with van der Waals surface area (Å²) in [6.45, 7) is 8.97. The number of rotatable bonds is 8. The maximum Gasteiger partial charge on any atom is 0.0573 e. The van der Waals surface area contributed by atoms with Gasteiger partial charge in [0.15, 0.2) is 0 Å². The zero-order valence-corrected chi connectivity index (χ0v) is 32.7. The quantitative estimate of drug-likeness (QED) is 0.155. The third kappa shape index (κ3) is 7.53. The van der Waals surface area contributed by atoms with Crippen LogP contribution in [-0.2, 0) is 0 Å². The highest BCUT2D eigenvalue weighted by Gasteiger charge is 2.26. The van der Waals surface area contributed by atoms with Gasteiger partial charge >= 0.3 is 0 Å². The van der Waals surface area contributed by atoms with Gasteiger partial charge < -0.3 is 9.80 Å². The Bertz CT molecular complexity index is 2110. The summed E-state index contributed by atoms with van der Waals surface area (Å²) in [5, 5.41) is 2.47. The Morgan fingerprint density at radius 2 is 0.685 bits per heavy atom. The van der Waals surface area contributed by atoms with Gasteiger partial charge in [0.2, 0.25) is 0 Å². The van der Waals surface area contributed by atoms with Crippen LogP contribution in [0.1, 0.15) is 97.6 Å². The molecule has 8 rings (SSSR count). The number of hydrogen-bond acceptors (Lipinski definition) is 2. The van der Waals surface area contributed by atoms with Gasteiger partial charge in [0.1, 0.15) is 0 Å². The van der Waals surface area contributed by atoms with Crippen LogP contribution in [-0.4, -0.2) is 0 Å². The maximum absolute atomic E-state index is 2.48. The molecule has 0 unspecified atom stereocenters. The molecular formula is C52H54N2. The van der Waals surface area contributed by atoms with E-state index < -0.39 is 0 Å². The van der Waals surface area contributed by atoms with E-state index in [-0.39, 0.29) is 0 Å². The van der Waals surface area contributed by atoms with E-state index in [1.54, 1.807) is 11.1 Å². The summed E-state index contributed by atoms with van der Waals surface area (Å²) in [6.07, 6.45) is 17.8. The molecule has 0 spiro atoms. The summed E-state index contributed by atoms with van der Waals surface area (Å²) in [7, 11) is 0. The molecule has 0 N–H and O–H groups in total. The van der Waals surface area contributed by atoms with Crippen LogP contribution in [0.3, 0.4) is 0 Å². The van der Waals surface area contributed by atoms with Crippen molar-refractivity contribution >= 4 is 57.0 Å². The lowest BCUT2D eigenvalue weighted by Gasteiger charge is -2.34. The van der Waals surface area contributed by atoms with Crippen LogP contribution < -0.4 is 9.80 Å². The molecule has 2 saturated carbocycles. The monoisotopic (exact) mass is 706 g/mol. The molecule has 2 heteroatoms. The largest absolute Gasteiger partial charge is 0.310 e. The second-order valence-electron chi connectivity index (χ2n) is 15.7. The average Bonchev–Trinajstić information content (AvgIpc) is 3.21. The van der Waals surface area contributed by atoms with Crippen LogP contribution >= 0.6 is 0 Å². The lowest BCUT2D eigenvalue weighted by Crippen LogP contribution is -2.16. The van der Waals surface area contributed by atoms with Crippen LogP contribution in [0.25, 0.3) is 22.9 Å². The van der Waals surface area contributed by atoms with E-state index >= 15 is 0 Å². The zero-order chi connectivity index (χ0) is 37.0. The molecule has 0 bridgehead atoms. The van der Waals surface area contributed by atoms with Crippen molar-refractivity contribution in [2.24, 2.45) is 0 Å². The SMILES string of the molecule is Cc1ccc(N(c2ccc(C=C3CCCCC3)cc2)c2c(C)c(C)c(N(c3ccc(C)cc3)c3ccc(C=C4CCCCC4)cc3)c3ccccc23)cc1. The van der Waals surface area contributed by atoms with Gasteiger partial charge in [-0.25, -0.2) is 0 Å². The number of nitrogens with zero attached hydrogens (tertiary/aromatic N) is 2. The molecule has 0 saturated heterocycles. The van der Waals surface area contributed by atoms with Crippen molar-refractivity contribution in [3.8, 4) is 0 Å². The predicted molar refractivity (Wildman–Crippen MR) is 234 cm³/mol. The summed E-state index contributed by atoms with van der Waals surface area (Å²) >= 11 is 0. The van der Waals surface area contributed by atoms with E-state index in [1.807, 2.05) is 0 Å². The van der Waals surface area contributed by atoms with Crippen LogP contribution in [0.2, 0.25) is 0 Å². The van der Waals surface area contributed by atoms with E-state index in [0.29, 0.717) is 0 Å². The lowest BCUT2D eigenvalue weighted by atomic mass is 9.93. The Labute approximate surface area is 323 Å². The van der Waals surface area contributed by atoms with Crippen molar-refractivity contribution in [2.45, 2.75) is 91.9 Å². The minimum Gasteiger partial charge on any atom is -0.310 e. The maximum atomic E-state index is 2.48. The highest BCUT2D eigenvalue weighted by molar-refractivity contribution is 6.10. The highest BCUT2D eigenvalue weighted by atomic mass is 15.2. The first-order chi connectivity index (χ1) is 26.4. The van der Waals surface area contributed by atoms with Crippen LogP contribution in [0.4, 0.5) is 34.1 Å². The molecule has 2 aliphatic carbocycles. The Morgan fingerprint density at radius 3 is 1.02 bits per heavy atom. The minimum atomic E-state index is 1.16. The van der Waals surface area contributed by atoms with Gasteiger partial charge in [0.05, 0.1) is 11.4 Å². The molecule has 0 amide bonds. The standard InChI is InChI=1S/C52H54N2/c1-37-19-27-45(28-20-37)53(47-31-23-43(24-32-47)35-41-13-7-5-8-14-41)51-39(3)40(4)52(50-18-12-11-17-49(50)51)54(46-29-21-38(2)22-30-46)48-33-25-44(26-34-48)36-42-15-9-6-10-16-42/h11-12,17-36H,5-10,13-16H2,1-4H3. The molecule has 0 aliphatic heterocycles. The Morgan fingerprint density at radius 1 is 0.370 bits per heavy atom. The molecule has 0 atom stereocenters. The molecule has 54 heavy (non-hydrogen) atoms. The molecule has 0 aromatic heterocycles. The lowest BCUT2D eigenvalue weighted by molar-refractivity contribution is 0.602. The van der Waals surface area contributed by atoms with Crippen molar-refractivity contribution in [3.63, 3.8) is 0 Å². The Balaban J connectivity index is 1.28. The molecule has 0 heterocycles. The highest BCUT2D eigenvalue weighted by Crippen LogP contribution is 2.49. The predicted octanol–water partition coefficient (Wildman–Crippen LogP) is 15.7. The summed E-state index contributed by atoms with van der Waals surface area (Å²) in [5.74, 6) is 0. The van der Waals surface area contributed by atoms with Crippen LogP contribution in [0.5, 0.6) is 0 Å². The first kappa shape index (κ1) is 35.7. The normalized spacial score (nSPS) is 14.6. The summed E-state index contributed by atoms with van der Waals surface area (Å²) < 4.78 is 0. The van der Waals surface area contributed by atoms with E-state index in [4.69, 9.17) is 0 Å². The smallest absolute Gasteiger partial charge is 0.0573 e. The van der Waals surface area contributed by atoms with Gasteiger partial charge in [0, 0.05) is 33.5 Å². The van der Waals surface area contributed by atoms with Gasteiger partial charge in [0.25, 0.3) is 0 Å². The second-order valence-corrected chi connectivity index (χ2v) is 15.7. The van der Waals surface area contributed by atoms with E-state index in [9.17, 15) is 0 Å². The van der Waals surface area contributed by atoms with Crippen molar-refractivity contribution < 1.29 is 0 Å². The van der Waals surface area contributed by atoms with Crippen molar-refractivity contribution in [1.82, 2.24) is 0 Å². The van der Waals surface area contributed by atoms with E-state index in [0.717, 1.165) is 11.4 Å². The van der Waals surface area contributed by atoms with E-state index in [2.05, 4.69) is 171 Å². The van der Waals surface area contributed by atoms with Gasteiger partial charge in [-0.3, -0.25) is 0 Å². The van der Waals surface area contributed by atoms with Crippen molar-refractivity contribution in [2.75, 3.05) is 9.80 Å². The van der Waals surface area contributed by atoms with Gasteiger partial charge in [-0.2, -0.15) is 0 Å². The van der Waals surface area contributed by atoms with E-state index in [1.165, 1.54) is 131 Å². The molecule has 2 fully saturated rings. The molecule has 0 radical (unpaired) electrons. The first-order valence-corrected chi connectivity index (χ1v) is 20.3. The van der Waals surface area contributed by atoms with Crippen molar-refractivity contribution in [1.29, 1.82) is 0 Å². The zero-order valence-electron chi connectivity index (χ0n) is 32.7. The molecule has 2 nitrogen and oxygen atoms in total. The molecular weight excluding hydrogens is 653 g/mol. The summed E-state index contributed by atoms with van der Waals surface area (Å²) in [6, 6.07) is 45.5. The molecule has 6 aromatic rings. The molecule has 2 aliphatic rings. The Kier molecular flexibility index (Phi) is 10.5. The fourth-order valence-electron chi connectivity index (χ4n) is 8.64.